The molecule has 1 aromatic heterocycles. The zero-order valence-corrected chi connectivity index (χ0v) is 30.3. The van der Waals surface area contributed by atoms with Gasteiger partial charge in [0.1, 0.15) is 12.1 Å². The van der Waals surface area contributed by atoms with Crippen LogP contribution in [-0.2, 0) is 27.5 Å². The third kappa shape index (κ3) is 9.07. The number of aromatic amines is 1. The Morgan fingerprint density at radius 1 is 0.860 bits per heavy atom. The van der Waals surface area contributed by atoms with Gasteiger partial charge >= 0.3 is 0 Å². The second-order valence-corrected chi connectivity index (χ2v) is 14.4. The Hall–Kier alpha value is -3.87. The quantitative estimate of drug-likeness (QED) is 0.132. The van der Waals surface area contributed by atoms with Gasteiger partial charge in [-0.15, -0.1) is 0 Å². The van der Waals surface area contributed by atoms with E-state index in [4.69, 9.17) is 23.1 Å². The summed E-state index contributed by atoms with van der Waals surface area (Å²) in [6.45, 7) is 3.50. The SMILES string of the molecule is CC(c1c[nH]c2ccccc12)[C@H]1C(=O)NCc2cc(Cl)ccc2Sc2ccccc2CN[C@@H](CCCN)C(=O)N[C@@H](CCCCN)C(=O)N1C. The van der Waals surface area contributed by atoms with Crippen LogP contribution in [0.4, 0.5) is 0 Å². The number of carbonyl (C=O) groups is 3. The average molecular weight is 718 g/mol. The van der Waals surface area contributed by atoms with Crippen molar-refractivity contribution in [2.24, 2.45) is 11.5 Å². The van der Waals surface area contributed by atoms with Crippen molar-refractivity contribution in [3.8, 4) is 0 Å². The van der Waals surface area contributed by atoms with E-state index in [0.717, 1.165) is 37.4 Å². The van der Waals surface area contributed by atoms with Crippen LogP contribution in [0.25, 0.3) is 10.9 Å². The summed E-state index contributed by atoms with van der Waals surface area (Å²) in [7, 11) is 1.65. The van der Waals surface area contributed by atoms with Crippen LogP contribution in [-0.4, -0.2) is 65.9 Å². The maximum Gasteiger partial charge on any atom is 0.245 e. The van der Waals surface area contributed by atoms with Crippen LogP contribution in [0.1, 0.15) is 61.6 Å². The van der Waals surface area contributed by atoms with Crippen LogP contribution < -0.4 is 27.4 Å². The number of halogens is 1. The van der Waals surface area contributed by atoms with Gasteiger partial charge in [-0.2, -0.15) is 0 Å². The highest BCUT2D eigenvalue weighted by Gasteiger charge is 2.37. The monoisotopic (exact) mass is 717 g/mol. The number of fused-ring (bicyclic) bond motifs is 3. The number of nitrogens with two attached hydrogens (primary N) is 2. The standard InChI is InChI=1S/C38H48ClN7O3S/c1-24(29-23-43-30-12-5-4-11-28(29)30)35-37(48)44-22-26-20-27(39)16-17-34(26)50-33-15-6-3-10-25(33)21-42-31(14-9-19-41)36(47)45-32(13-7-8-18-40)38(49)46(35)2/h3-6,10-12,15-17,20,23-24,31-32,35,42-43H,7-9,13-14,18-19,21-22,40-41H2,1-2H3,(H,44,48)(H,45,47)/t24?,31-,32-,35-/m0/s1. The largest absolute Gasteiger partial charge is 0.361 e. The summed E-state index contributed by atoms with van der Waals surface area (Å²) in [5.74, 6) is -1.33. The molecule has 0 saturated heterocycles. The molecule has 12 heteroatoms. The number of nitrogens with one attached hydrogen (secondary N) is 4. The van der Waals surface area contributed by atoms with Crippen molar-refractivity contribution in [3.05, 3.63) is 94.6 Å². The van der Waals surface area contributed by atoms with E-state index in [1.165, 1.54) is 4.90 Å². The molecule has 10 nitrogen and oxygen atoms in total. The molecule has 0 fully saturated rings. The second kappa shape index (κ2) is 17.9. The Morgan fingerprint density at radius 3 is 2.38 bits per heavy atom. The molecule has 4 aromatic rings. The Morgan fingerprint density at radius 2 is 1.58 bits per heavy atom. The summed E-state index contributed by atoms with van der Waals surface area (Å²) in [6, 6.07) is 19.2. The number of hydrogen-bond donors (Lipinski definition) is 6. The number of unbranched alkanes of at least 4 members (excludes halogenated alkanes) is 1. The van der Waals surface area contributed by atoms with E-state index in [-0.39, 0.29) is 24.3 Å². The smallest absolute Gasteiger partial charge is 0.245 e. The molecular formula is C38H48ClN7O3S. The molecule has 0 aliphatic carbocycles. The van der Waals surface area contributed by atoms with E-state index in [1.807, 2.05) is 79.9 Å². The molecule has 2 heterocycles. The molecule has 0 saturated carbocycles. The van der Waals surface area contributed by atoms with Gasteiger partial charge in [-0.25, -0.2) is 0 Å². The van der Waals surface area contributed by atoms with Gasteiger partial charge in [0.05, 0.1) is 6.04 Å². The summed E-state index contributed by atoms with van der Waals surface area (Å²) < 4.78 is 0. The molecule has 3 aromatic carbocycles. The molecule has 0 radical (unpaired) electrons. The Labute approximate surface area is 303 Å². The first kappa shape index (κ1) is 37.4. The molecule has 0 spiro atoms. The number of amides is 3. The number of benzene rings is 3. The van der Waals surface area contributed by atoms with Gasteiger partial charge in [0.15, 0.2) is 0 Å². The predicted octanol–water partition coefficient (Wildman–Crippen LogP) is 5.04. The van der Waals surface area contributed by atoms with Crippen molar-refractivity contribution in [1.82, 2.24) is 25.8 Å². The van der Waals surface area contributed by atoms with Crippen LogP contribution in [0.2, 0.25) is 5.02 Å². The molecule has 1 aliphatic rings. The van der Waals surface area contributed by atoms with Crippen LogP contribution in [0.3, 0.4) is 0 Å². The molecule has 266 valence electrons. The van der Waals surface area contributed by atoms with Gasteiger partial charge in [-0.05, 0) is 92.2 Å². The number of rotatable bonds is 9. The zero-order valence-electron chi connectivity index (χ0n) is 28.7. The maximum absolute atomic E-state index is 14.5. The van der Waals surface area contributed by atoms with Gasteiger partial charge < -0.3 is 37.3 Å². The van der Waals surface area contributed by atoms with Crippen molar-refractivity contribution in [3.63, 3.8) is 0 Å². The highest BCUT2D eigenvalue weighted by molar-refractivity contribution is 7.99. The van der Waals surface area contributed by atoms with Gasteiger partial charge in [-0.3, -0.25) is 14.4 Å². The number of carbonyl (C=O) groups excluding carboxylic acids is 3. The Kier molecular flexibility index (Phi) is 13.4. The first-order valence-corrected chi connectivity index (χ1v) is 18.5. The van der Waals surface area contributed by atoms with Crippen molar-refractivity contribution < 1.29 is 14.4 Å². The van der Waals surface area contributed by atoms with E-state index in [1.54, 1.807) is 18.8 Å². The molecule has 8 N–H and O–H groups in total. The molecule has 1 unspecified atom stereocenters. The van der Waals surface area contributed by atoms with Crippen molar-refractivity contribution in [2.45, 2.75) is 86.0 Å². The van der Waals surface area contributed by atoms with Crippen LogP contribution in [0.15, 0.2) is 82.7 Å². The minimum atomic E-state index is -0.895. The van der Waals surface area contributed by atoms with E-state index < -0.39 is 24.0 Å². The van der Waals surface area contributed by atoms with Gasteiger partial charge in [-0.1, -0.05) is 66.7 Å². The van der Waals surface area contributed by atoms with E-state index >= 15 is 0 Å². The first-order valence-electron chi connectivity index (χ1n) is 17.3. The summed E-state index contributed by atoms with van der Waals surface area (Å²) in [6.07, 6.45) is 4.76. The first-order chi connectivity index (χ1) is 24.2. The third-order valence-electron chi connectivity index (χ3n) is 9.40. The molecule has 4 atom stereocenters. The molecule has 5 rings (SSSR count). The molecular weight excluding hydrogens is 670 g/mol. The van der Waals surface area contributed by atoms with Crippen LogP contribution >= 0.6 is 23.4 Å². The lowest BCUT2D eigenvalue weighted by Gasteiger charge is -2.35. The Bertz CT molecular complexity index is 1780. The van der Waals surface area contributed by atoms with Crippen molar-refractivity contribution in [2.75, 3.05) is 20.1 Å². The number of likely N-dealkylation sites (N-methyl/N-ethyl adjacent to an activating group) is 1. The van der Waals surface area contributed by atoms with E-state index in [9.17, 15) is 14.4 Å². The lowest BCUT2D eigenvalue weighted by Crippen LogP contribution is -2.57. The summed E-state index contributed by atoms with van der Waals surface area (Å²) >= 11 is 8.06. The number of para-hydroxylation sites is 1. The van der Waals surface area contributed by atoms with E-state index in [2.05, 4.69) is 20.9 Å². The summed E-state index contributed by atoms with van der Waals surface area (Å²) in [5.41, 5.74) is 15.4. The van der Waals surface area contributed by atoms with Gasteiger partial charge in [0, 0.05) is 58.0 Å². The minimum Gasteiger partial charge on any atom is -0.361 e. The summed E-state index contributed by atoms with van der Waals surface area (Å²) in [5, 5.41) is 11.2. The fraction of sp³-hybridized carbons (Fsp3) is 0.395. The topological polar surface area (TPSA) is 158 Å². The van der Waals surface area contributed by atoms with E-state index in [0.29, 0.717) is 56.8 Å². The van der Waals surface area contributed by atoms with Gasteiger partial charge in [0.2, 0.25) is 17.7 Å². The predicted molar refractivity (Wildman–Crippen MR) is 201 cm³/mol. The van der Waals surface area contributed by atoms with Crippen LogP contribution in [0, 0.1) is 0 Å². The molecule has 50 heavy (non-hydrogen) atoms. The second-order valence-electron chi connectivity index (χ2n) is 12.9. The van der Waals surface area contributed by atoms with Crippen molar-refractivity contribution >= 4 is 52.0 Å². The molecule has 0 bridgehead atoms. The lowest BCUT2D eigenvalue weighted by atomic mass is 9.90. The maximum atomic E-state index is 14.5. The summed E-state index contributed by atoms with van der Waals surface area (Å²) in [4.78, 5) is 49.6. The van der Waals surface area contributed by atoms with Gasteiger partial charge in [0.25, 0.3) is 0 Å². The van der Waals surface area contributed by atoms with Crippen molar-refractivity contribution in [1.29, 1.82) is 0 Å². The van der Waals surface area contributed by atoms with Crippen LogP contribution in [0.5, 0.6) is 0 Å². The third-order valence-corrected chi connectivity index (χ3v) is 10.9. The normalized spacial score (nSPS) is 20.1. The molecule has 1 aliphatic heterocycles. The Balaban J connectivity index is 1.58. The highest BCUT2D eigenvalue weighted by Crippen LogP contribution is 2.35. The lowest BCUT2D eigenvalue weighted by molar-refractivity contribution is -0.143. The number of H-pyrrole nitrogens is 1. The number of aromatic nitrogens is 1. The minimum absolute atomic E-state index is 0.207. The number of hydrogen-bond acceptors (Lipinski definition) is 7. The average Bonchev–Trinajstić information content (AvgIpc) is 3.55. The fourth-order valence-corrected chi connectivity index (χ4v) is 7.85. The zero-order chi connectivity index (χ0) is 35.6. The highest BCUT2D eigenvalue weighted by atomic mass is 35.5. The molecule has 3 amide bonds. The fourth-order valence-electron chi connectivity index (χ4n) is 6.61. The number of nitrogens with zero attached hydrogens (tertiary/aromatic N) is 1.